The first kappa shape index (κ1) is 13.6. The van der Waals surface area contributed by atoms with Gasteiger partial charge in [-0.3, -0.25) is 5.10 Å². The van der Waals surface area contributed by atoms with Gasteiger partial charge in [0.2, 0.25) is 0 Å². The fourth-order valence-electron chi connectivity index (χ4n) is 2.16. The Kier molecular flexibility index (Phi) is 3.35. The van der Waals surface area contributed by atoms with E-state index in [0.717, 1.165) is 0 Å². The monoisotopic (exact) mass is 305 g/mol. The topological polar surface area (TPSA) is 54.7 Å². The van der Waals surface area contributed by atoms with E-state index in [1.54, 1.807) is 24.3 Å². The van der Waals surface area contributed by atoms with Crippen LogP contribution in [0.1, 0.15) is 0 Å². The van der Waals surface area contributed by atoms with Crippen molar-refractivity contribution in [2.45, 2.75) is 0 Å². The number of nitrogen functional groups attached to an aromatic ring is 1. The van der Waals surface area contributed by atoms with Gasteiger partial charge in [0, 0.05) is 5.56 Å². The minimum atomic E-state index is -0.535. The molecule has 2 aromatic carbocycles. The van der Waals surface area contributed by atoms with Crippen molar-refractivity contribution in [3.63, 3.8) is 0 Å². The van der Waals surface area contributed by atoms with Crippen LogP contribution in [-0.2, 0) is 0 Å². The third-order valence-corrected chi connectivity index (χ3v) is 3.53. The molecule has 1 heterocycles. The number of benzene rings is 2. The molecule has 3 rings (SSSR count). The van der Waals surface area contributed by atoms with Gasteiger partial charge in [0.25, 0.3) is 0 Å². The molecular formula is C15H10ClF2N3. The Morgan fingerprint density at radius 2 is 1.76 bits per heavy atom. The first-order valence-corrected chi connectivity index (χ1v) is 6.50. The van der Waals surface area contributed by atoms with Gasteiger partial charge in [0.15, 0.2) is 5.82 Å². The number of nitrogens with zero attached hydrogens (tertiary/aromatic N) is 1. The van der Waals surface area contributed by atoms with Gasteiger partial charge in [-0.05, 0) is 23.8 Å². The molecule has 0 bridgehead atoms. The van der Waals surface area contributed by atoms with E-state index in [4.69, 9.17) is 17.3 Å². The highest BCUT2D eigenvalue weighted by Crippen LogP contribution is 2.38. The van der Waals surface area contributed by atoms with E-state index in [1.165, 1.54) is 18.2 Å². The molecule has 0 saturated carbocycles. The molecule has 0 unspecified atom stereocenters. The Bertz CT molecular complexity index is 797. The third kappa shape index (κ3) is 2.36. The molecule has 0 amide bonds. The van der Waals surface area contributed by atoms with Crippen molar-refractivity contribution in [1.82, 2.24) is 10.2 Å². The molecule has 0 spiro atoms. The van der Waals surface area contributed by atoms with E-state index in [0.29, 0.717) is 22.4 Å². The lowest BCUT2D eigenvalue weighted by molar-refractivity contribution is 0.628. The number of anilines is 1. The summed E-state index contributed by atoms with van der Waals surface area (Å²) in [6.07, 6.45) is 0. The maximum absolute atomic E-state index is 13.6. The summed E-state index contributed by atoms with van der Waals surface area (Å²) < 4.78 is 26.7. The molecule has 3 N–H and O–H groups in total. The fourth-order valence-corrected chi connectivity index (χ4v) is 2.38. The highest BCUT2D eigenvalue weighted by atomic mass is 35.5. The van der Waals surface area contributed by atoms with Crippen molar-refractivity contribution in [3.05, 3.63) is 59.1 Å². The molecule has 6 heteroatoms. The smallest absolute Gasteiger partial charge is 0.153 e. The lowest BCUT2D eigenvalue weighted by Crippen LogP contribution is -1.90. The maximum atomic E-state index is 13.6. The lowest BCUT2D eigenvalue weighted by Gasteiger charge is -2.07. The second-order valence-electron chi connectivity index (χ2n) is 4.47. The van der Waals surface area contributed by atoms with Gasteiger partial charge >= 0.3 is 0 Å². The molecular weight excluding hydrogens is 296 g/mol. The van der Waals surface area contributed by atoms with Gasteiger partial charge in [0.05, 0.1) is 16.3 Å². The second kappa shape index (κ2) is 5.18. The van der Waals surface area contributed by atoms with Crippen LogP contribution in [0.4, 0.5) is 14.6 Å². The van der Waals surface area contributed by atoms with Crippen LogP contribution in [0.15, 0.2) is 42.5 Å². The number of aromatic amines is 1. The summed E-state index contributed by atoms with van der Waals surface area (Å²) in [5.74, 6) is -0.657. The second-order valence-corrected chi connectivity index (χ2v) is 4.85. The van der Waals surface area contributed by atoms with E-state index in [-0.39, 0.29) is 16.7 Å². The SMILES string of the molecule is Nc1n[nH]c(-c2cccc(F)c2Cl)c1-c1ccc(F)cc1. The zero-order chi connectivity index (χ0) is 15.0. The largest absolute Gasteiger partial charge is 0.382 e. The van der Waals surface area contributed by atoms with E-state index in [2.05, 4.69) is 10.2 Å². The average Bonchev–Trinajstić information content (AvgIpc) is 2.85. The zero-order valence-electron chi connectivity index (χ0n) is 10.7. The molecule has 21 heavy (non-hydrogen) atoms. The van der Waals surface area contributed by atoms with Gasteiger partial charge in [-0.15, -0.1) is 0 Å². The van der Waals surface area contributed by atoms with E-state index in [1.807, 2.05) is 0 Å². The number of nitrogens with one attached hydrogen (secondary N) is 1. The van der Waals surface area contributed by atoms with E-state index < -0.39 is 5.82 Å². The van der Waals surface area contributed by atoms with E-state index in [9.17, 15) is 8.78 Å². The van der Waals surface area contributed by atoms with Gasteiger partial charge in [-0.1, -0.05) is 35.9 Å². The predicted molar refractivity (Wildman–Crippen MR) is 78.8 cm³/mol. The normalized spacial score (nSPS) is 10.8. The molecule has 1 aromatic heterocycles. The van der Waals surface area contributed by atoms with Crippen molar-refractivity contribution in [3.8, 4) is 22.4 Å². The molecule has 3 aromatic rings. The summed E-state index contributed by atoms with van der Waals surface area (Å²) in [4.78, 5) is 0. The Hall–Kier alpha value is -2.40. The number of nitrogens with two attached hydrogens (primary N) is 1. The van der Waals surface area contributed by atoms with Crippen LogP contribution in [0.3, 0.4) is 0 Å². The molecule has 0 fully saturated rings. The highest BCUT2D eigenvalue weighted by molar-refractivity contribution is 6.33. The van der Waals surface area contributed by atoms with Crippen LogP contribution in [-0.4, -0.2) is 10.2 Å². The molecule has 0 atom stereocenters. The standard InChI is InChI=1S/C15H10ClF2N3/c16-13-10(2-1-3-11(13)18)14-12(15(19)21-20-14)8-4-6-9(17)7-5-8/h1-7H,(H3,19,20,21). The Balaban J connectivity index is 2.22. The minimum Gasteiger partial charge on any atom is -0.382 e. The van der Waals surface area contributed by atoms with Gasteiger partial charge in [-0.2, -0.15) is 5.10 Å². The Morgan fingerprint density at radius 3 is 2.48 bits per heavy atom. The number of hydrogen-bond donors (Lipinski definition) is 2. The van der Waals surface area contributed by atoms with Crippen molar-refractivity contribution in [2.24, 2.45) is 0 Å². The average molecular weight is 306 g/mol. The molecule has 3 nitrogen and oxygen atoms in total. The lowest BCUT2D eigenvalue weighted by atomic mass is 10.0. The molecule has 0 radical (unpaired) electrons. The van der Waals surface area contributed by atoms with Gasteiger partial charge < -0.3 is 5.73 Å². The van der Waals surface area contributed by atoms with Crippen LogP contribution in [0.5, 0.6) is 0 Å². The first-order valence-electron chi connectivity index (χ1n) is 6.12. The summed E-state index contributed by atoms with van der Waals surface area (Å²) in [5.41, 5.74) is 8.02. The fraction of sp³-hybridized carbons (Fsp3) is 0. The minimum absolute atomic E-state index is 0.0236. The van der Waals surface area contributed by atoms with Crippen molar-refractivity contribution < 1.29 is 8.78 Å². The number of halogens is 3. The highest BCUT2D eigenvalue weighted by Gasteiger charge is 2.18. The van der Waals surface area contributed by atoms with Crippen molar-refractivity contribution >= 4 is 17.4 Å². The molecule has 106 valence electrons. The van der Waals surface area contributed by atoms with Crippen LogP contribution >= 0.6 is 11.6 Å². The summed E-state index contributed by atoms with van der Waals surface area (Å²) in [6.45, 7) is 0. The van der Waals surface area contributed by atoms with Gasteiger partial charge in [0.1, 0.15) is 11.6 Å². The number of H-pyrrole nitrogens is 1. The number of rotatable bonds is 2. The Labute approximate surface area is 124 Å². The molecule has 0 aliphatic heterocycles. The van der Waals surface area contributed by atoms with Crippen LogP contribution < -0.4 is 5.73 Å². The quantitative estimate of drug-likeness (QED) is 0.743. The Morgan fingerprint density at radius 1 is 1.05 bits per heavy atom. The summed E-state index contributed by atoms with van der Waals surface area (Å²) in [6, 6.07) is 10.3. The summed E-state index contributed by atoms with van der Waals surface area (Å²) in [7, 11) is 0. The summed E-state index contributed by atoms with van der Waals surface area (Å²) in [5, 5.41) is 6.67. The molecule has 0 aliphatic carbocycles. The van der Waals surface area contributed by atoms with Crippen LogP contribution in [0.2, 0.25) is 5.02 Å². The number of hydrogen-bond acceptors (Lipinski definition) is 2. The summed E-state index contributed by atoms with van der Waals surface area (Å²) >= 11 is 6.00. The van der Waals surface area contributed by atoms with E-state index >= 15 is 0 Å². The van der Waals surface area contributed by atoms with Crippen LogP contribution in [0, 0.1) is 11.6 Å². The third-order valence-electron chi connectivity index (χ3n) is 3.15. The van der Waals surface area contributed by atoms with Crippen molar-refractivity contribution in [1.29, 1.82) is 0 Å². The zero-order valence-corrected chi connectivity index (χ0v) is 11.5. The maximum Gasteiger partial charge on any atom is 0.153 e. The van der Waals surface area contributed by atoms with Crippen molar-refractivity contribution in [2.75, 3.05) is 5.73 Å². The first-order chi connectivity index (χ1) is 10.1. The number of aromatic nitrogens is 2. The van der Waals surface area contributed by atoms with Crippen LogP contribution in [0.25, 0.3) is 22.4 Å². The van der Waals surface area contributed by atoms with Gasteiger partial charge in [-0.25, -0.2) is 8.78 Å². The molecule has 0 aliphatic rings. The molecule has 0 saturated heterocycles. The predicted octanol–water partition coefficient (Wildman–Crippen LogP) is 4.26.